The minimum absolute atomic E-state index is 0.0710. The van der Waals surface area contributed by atoms with Crippen LogP contribution in [0.1, 0.15) is 19.3 Å². The summed E-state index contributed by atoms with van der Waals surface area (Å²) in [4.78, 5) is 34.6. The van der Waals surface area contributed by atoms with Gasteiger partial charge < -0.3 is 30.3 Å². The van der Waals surface area contributed by atoms with E-state index in [1.165, 1.54) is 0 Å². The number of anilines is 3. The molecule has 4 rings (SSSR count). The number of nitrogens with two attached hydrogens (primary N) is 1. The fourth-order valence-corrected chi connectivity index (χ4v) is 3.57. The summed E-state index contributed by atoms with van der Waals surface area (Å²) in [7, 11) is 0. The molecule has 4 N–H and O–H groups in total. The molecule has 0 bridgehead atoms. The molecular formula is C15H22N6O4. The molecule has 3 aliphatic heterocycles. The lowest BCUT2D eigenvalue weighted by Gasteiger charge is -2.37. The average Bonchev–Trinajstić information content (AvgIpc) is 3.21. The number of likely N-dealkylation sites (tertiary alicyclic amines) is 1. The monoisotopic (exact) mass is 350 g/mol. The lowest BCUT2D eigenvalue weighted by atomic mass is 10.0. The molecule has 136 valence electrons. The van der Waals surface area contributed by atoms with E-state index in [0.29, 0.717) is 70.3 Å². The molecule has 10 nitrogen and oxygen atoms in total. The third kappa shape index (κ3) is 3.02. The molecule has 3 aliphatic rings. The van der Waals surface area contributed by atoms with Gasteiger partial charge in [-0.2, -0.15) is 4.98 Å². The first kappa shape index (κ1) is 16.2. The highest BCUT2D eigenvalue weighted by atomic mass is 16.7. The van der Waals surface area contributed by atoms with Crippen LogP contribution in [0, 0.1) is 0 Å². The molecule has 0 aromatic carbocycles. The van der Waals surface area contributed by atoms with Gasteiger partial charge in [0.2, 0.25) is 11.9 Å². The summed E-state index contributed by atoms with van der Waals surface area (Å²) < 4.78 is 11.4. The van der Waals surface area contributed by atoms with Crippen LogP contribution in [0.15, 0.2) is 4.79 Å². The second-order valence-corrected chi connectivity index (χ2v) is 6.49. The molecule has 0 radical (unpaired) electrons. The van der Waals surface area contributed by atoms with Crippen molar-refractivity contribution in [3.63, 3.8) is 0 Å². The van der Waals surface area contributed by atoms with E-state index in [2.05, 4.69) is 15.3 Å². The number of aromatic nitrogens is 2. The van der Waals surface area contributed by atoms with Gasteiger partial charge in [0, 0.05) is 38.9 Å². The van der Waals surface area contributed by atoms with E-state index in [4.69, 9.17) is 15.2 Å². The number of amides is 1. The SMILES string of the molecule is Nc1nc2c(c(=O)[nH]1)NCN2CCC(=O)N1CCC2(CC1)OCCO2. The molecule has 1 aromatic heterocycles. The van der Waals surface area contributed by atoms with E-state index < -0.39 is 5.79 Å². The van der Waals surface area contributed by atoms with Crippen molar-refractivity contribution in [3.8, 4) is 0 Å². The number of hydrogen-bond donors (Lipinski definition) is 3. The Bertz CT molecular complexity index is 719. The van der Waals surface area contributed by atoms with Crippen LogP contribution >= 0.6 is 0 Å². The average molecular weight is 350 g/mol. The standard InChI is InChI=1S/C15H22N6O4/c16-14-18-12-11(13(23)19-14)17-9-21(12)4-1-10(22)20-5-2-15(3-6-20)24-7-8-25-15/h17H,1-9H2,(H3,16,18,19,23). The van der Waals surface area contributed by atoms with Crippen molar-refractivity contribution in [1.29, 1.82) is 0 Å². The van der Waals surface area contributed by atoms with Crippen LogP contribution in [0.4, 0.5) is 17.5 Å². The van der Waals surface area contributed by atoms with Crippen LogP contribution in [0.5, 0.6) is 0 Å². The lowest BCUT2D eigenvalue weighted by molar-refractivity contribution is -0.187. The van der Waals surface area contributed by atoms with Gasteiger partial charge in [0.05, 0.1) is 19.9 Å². The third-order valence-electron chi connectivity index (χ3n) is 4.95. The summed E-state index contributed by atoms with van der Waals surface area (Å²) in [6, 6.07) is 0. The van der Waals surface area contributed by atoms with Crippen LogP contribution in [-0.4, -0.2) is 66.1 Å². The van der Waals surface area contributed by atoms with Crippen molar-refractivity contribution in [2.45, 2.75) is 25.0 Å². The number of fused-ring (bicyclic) bond motifs is 1. The summed E-state index contributed by atoms with van der Waals surface area (Å²) >= 11 is 0. The lowest BCUT2D eigenvalue weighted by Crippen LogP contribution is -2.47. The zero-order chi connectivity index (χ0) is 17.4. The van der Waals surface area contributed by atoms with Gasteiger partial charge in [0.25, 0.3) is 5.56 Å². The Labute approximate surface area is 144 Å². The van der Waals surface area contributed by atoms with Crippen molar-refractivity contribution in [1.82, 2.24) is 14.9 Å². The number of carbonyl (C=O) groups is 1. The first-order valence-corrected chi connectivity index (χ1v) is 8.51. The maximum atomic E-state index is 12.5. The normalized spacial score (nSPS) is 21.4. The number of ether oxygens (including phenoxy) is 2. The fourth-order valence-electron chi connectivity index (χ4n) is 3.57. The van der Waals surface area contributed by atoms with Crippen molar-refractivity contribution in [3.05, 3.63) is 10.4 Å². The quantitative estimate of drug-likeness (QED) is 0.653. The van der Waals surface area contributed by atoms with Crippen molar-refractivity contribution in [2.24, 2.45) is 0 Å². The fraction of sp³-hybridized carbons (Fsp3) is 0.667. The van der Waals surface area contributed by atoms with E-state index in [1.807, 2.05) is 9.80 Å². The van der Waals surface area contributed by atoms with Gasteiger partial charge in [-0.15, -0.1) is 0 Å². The highest BCUT2D eigenvalue weighted by Crippen LogP contribution is 2.31. The van der Waals surface area contributed by atoms with E-state index in [0.717, 1.165) is 0 Å². The Balaban J connectivity index is 1.33. The number of piperidine rings is 1. The van der Waals surface area contributed by atoms with Crippen molar-refractivity contribution < 1.29 is 14.3 Å². The zero-order valence-corrected chi connectivity index (χ0v) is 13.9. The molecule has 1 spiro atoms. The van der Waals surface area contributed by atoms with Crippen LogP contribution in [0.25, 0.3) is 0 Å². The number of nitrogens with one attached hydrogen (secondary N) is 2. The highest BCUT2D eigenvalue weighted by Gasteiger charge is 2.40. The van der Waals surface area contributed by atoms with E-state index in [-0.39, 0.29) is 17.4 Å². The molecule has 0 unspecified atom stereocenters. The minimum atomic E-state index is -0.475. The first-order valence-electron chi connectivity index (χ1n) is 8.51. The van der Waals surface area contributed by atoms with Crippen LogP contribution in [-0.2, 0) is 14.3 Å². The molecule has 4 heterocycles. The van der Waals surface area contributed by atoms with Crippen LogP contribution < -0.4 is 21.5 Å². The Kier molecular flexibility index (Phi) is 4.00. The van der Waals surface area contributed by atoms with Crippen molar-refractivity contribution in [2.75, 3.05) is 55.5 Å². The third-order valence-corrected chi connectivity index (χ3v) is 4.95. The number of nitrogens with zero attached hydrogens (tertiary/aromatic N) is 3. The summed E-state index contributed by atoms with van der Waals surface area (Å²) in [5, 5.41) is 2.99. The van der Waals surface area contributed by atoms with Gasteiger partial charge in [0.1, 0.15) is 5.69 Å². The maximum Gasteiger partial charge on any atom is 0.277 e. The summed E-state index contributed by atoms with van der Waals surface area (Å²) in [5.41, 5.74) is 5.71. The molecule has 10 heteroatoms. The summed E-state index contributed by atoms with van der Waals surface area (Å²) in [6.45, 7) is 3.45. The molecule has 1 aromatic rings. The number of hydrogen-bond acceptors (Lipinski definition) is 8. The zero-order valence-electron chi connectivity index (χ0n) is 13.9. The molecule has 2 saturated heterocycles. The molecule has 1 amide bonds. The van der Waals surface area contributed by atoms with Gasteiger partial charge in [-0.1, -0.05) is 0 Å². The second kappa shape index (κ2) is 6.19. The number of nitrogen functional groups attached to an aromatic ring is 1. The van der Waals surface area contributed by atoms with Crippen LogP contribution in [0.2, 0.25) is 0 Å². The molecule has 2 fully saturated rings. The smallest absolute Gasteiger partial charge is 0.277 e. The molecule has 0 saturated carbocycles. The topological polar surface area (TPSA) is 126 Å². The molecule has 0 atom stereocenters. The Morgan fingerprint density at radius 1 is 1.28 bits per heavy atom. The first-order chi connectivity index (χ1) is 12.1. The number of carbonyl (C=O) groups excluding carboxylic acids is 1. The largest absolute Gasteiger partial charge is 0.369 e. The van der Waals surface area contributed by atoms with E-state index in [9.17, 15) is 9.59 Å². The summed E-state index contributed by atoms with van der Waals surface area (Å²) in [5.74, 6) is 0.178. The predicted octanol–water partition coefficient (Wildman–Crippen LogP) is -0.703. The second-order valence-electron chi connectivity index (χ2n) is 6.49. The van der Waals surface area contributed by atoms with Gasteiger partial charge >= 0.3 is 0 Å². The molecular weight excluding hydrogens is 328 g/mol. The molecule has 25 heavy (non-hydrogen) atoms. The Hall–Kier alpha value is -2.33. The minimum Gasteiger partial charge on any atom is -0.369 e. The number of rotatable bonds is 3. The Morgan fingerprint density at radius 2 is 2.00 bits per heavy atom. The molecule has 0 aliphatic carbocycles. The van der Waals surface area contributed by atoms with Gasteiger partial charge in [-0.25, -0.2) is 0 Å². The maximum absolute atomic E-state index is 12.5. The summed E-state index contributed by atoms with van der Waals surface area (Å²) in [6.07, 6.45) is 1.77. The van der Waals surface area contributed by atoms with Crippen LogP contribution in [0.3, 0.4) is 0 Å². The van der Waals surface area contributed by atoms with Gasteiger partial charge in [0.15, 0.2) is 11.6 Å². The van der Waals surface area contributed by atoms with E-state index in [1.54, 1.807) is 0 Å². The predicted molar refractivity (Wildman–Crippen MR) is 90.2 cm³/mol. The van der Waals surface area contributed by atoms with Gasteiger partial charge in [-0.05, 0) is 0 Å². The number of aromatic amines is 1. The Morgan fingerprint density at radius 3 is 2.72 bits per heavy atom. The van der Waals surface area contributed by atoms with Gasteiger partial charge in [-0.3, -0.25) is 14.6 Å². The highest BCUT2D eigenvalue weighted by molar-refractivity contribution is 5.78. The van der Waals surface area contributed by atoms with E-state index >= 15 is 0 Å². The number of H-pyrrole nitrogens is 1. The van der Waals surface area contributed by atoms with Crippen molar-refractivity contribution >= 4 is 23.4 Å².